The first kappa shape index (κ1) is 12.0. The Bertz CT molecular complexity index is 384. The van der Waals surface area contributed by atoms with E-state index in [1.807, 2.05) is 13.8 Å². The molecule has 2 rings (SSSR count). The highest BCUT2D eigenvalue weighted by Gasteiger charge is 2.43. The van der Waals surface area contributed by atoms with Gasteiger partial charge in [-0.15, -0.1) is 5.06 Å². The second-order valence-electron chi connectivity index (χ2n) is 4.73. The molecule has 1 aliphatic heterocycles. The Kier molecular flexibility index (Phi) is 3.09. The van der Waals surface area contributed by atoms with Gasteiger partial charge >= 0.3 is 12.1 Å². The van der Waals surface area contributed by atoms with Gasteiger partial charge in [0.2, 0.25) is 0 Å². The van der Waals surface area contributed by atoms with Crippen LogP contribution in [0.2, 0.25) is 0 Å². The van der Waals surface area contributed by atoms with Crippen LogP contribution in [0, 0.1) is 0 Å². The summed E-state index contributed by atoms with van der Waals surface area (Å²) in [4.78, 5) is 27.7. The minimum atomic E-state index is -0.556. The second-order valence-corrected chi connectivity index (χ2v) is 4.73. The summed E-state index contributed by atoms with van der Waals surface area (Å²) in [5.74, 6) is -0.501. The molecule has 0 N–H and O–H groups in total. The van der Waals surface area contributed by atoms with Gasteiger partial charge in [-0.3, -0.25) is 4.79 Å². The molecule has 2 fully saturated rings. The fourth-order valence-electron chi connectivity index (χ4n) is 2.48. The molecule has 0 aromatic rings. The van der Waals surface area contributed by atoms with Crippen LogP contribution in [0.4, 0.5) is 4.79 Å². The van der Waals surface area contributed by atoms with E-state index >= 15 is 0 Å². The van der Waals surface area contributed by atoms with Crippen molar-refractivity contribution in [2.45, 2.75) is 52.2 Å². The van der Waals surface area contributed by atoms with Crippen LogP contribution in [-0.4, -0.2) is 29.3 Å². The van der Waals surface area contributed by atoms with Crippen LogP contribution in [0.1, 0.15) is 40.0 Å². The van der Waals surface area contributed by atoms with E-state index in [0.29, 0.717) is 6.42 Å². The van der Waals surface area contributed by atoms with Crippen LogP contribution in [0.5, 0.6) is 0 Å². The summed E-state index contributed by atoms with van der Waals surface area (Å²) in [6.45, 7) is 5.31. The zero-order valence-corrected chi connectivity index (χ0v) is 10.4. The van der Waals surface area contributed by atoms with E-state index in [0.717, 1.165) is 17.9 Å². The smallest absolute Gasteiger partial charge is 0.444 e. The minimum absolute atomic E-state index is 0.0394. The SMILES string of the molecule is CC(=O)ON1C(=O)OC2CCC(=C(C)C)C1C2. The van der Waals surface area contributed by atoms with Gasteiger partial charge in [-0.1, -0.05) is 5.57 Å². The number of fused-ring (bicyclic) bond motifs is 2. The number of hydrogen-bond donors (Lipinski definition) is 0. The largest absolute Gasteiger partial charge is 0.444 e. The normalized spacial score (nSPS) is 27.6. The zero-order chi connectivity index (χ0) is 12.6. The predicted molar refractivity (Wildman–Crippen MR) is 59.9 cm³/mol. The van der Waals surface area contributed by atoms with Crippen molar-refractivity contribution in [2.75, 3.05) is 0 Å². The Labute approximate surface area is 100 Å². The monoisotopic (exact) mass is 239 g/mol. The Morgan fingerprint density at radius 3 is 2.71 bits per heavy atom. The van der Waals surface area contributed by atoms with Crippen LogP contribution in [0.25, 0.3) is 0 Å². The van der Waals surface area contributed by atoms with Crippen molar-refractivity contribution < 1.29 is 19.2 Å². The molecule has 2 unspecified atom stereocenters. The summed E-state index contributed by atoms with van der Waals surface area (Å²) in [5.41, 5.74) is 2.36. The zero-order valence-electron chi connectivity index (χ0n) is 10.4. The van der Waals surface area contributed by atoms with Crippen molar-refractivity contribution in [3.05, 3.63) is 11.1 Å². The van der Waals surface area contributed by atoms with Gasteiger partial charge in [-0.2, -0.15) is 0 Å². The molecule has 17 heavy (non-hydrogen) atoms. The molecule has 2 aliphatic rings. The van der Waals surface area contributed by atoms with Crippen molar-refractivity contribution in [1.29, 1.82) is 0 Å². The van der Waals surface area contributed by atoms with E-state index < -0.39 is 12.1 Å². The molecule has 5 heteroatoms. The molecule has 2 atom stereocenters. The van der Waals surface area contributed by atoms with E-state index in [2.05, 4.69) is 0 Å². The quantitative estimate of drug-likeness (QED) is 0.658. The second kappa shape index (κ2) is 4.39. The van der Waals surface area contributed by atoms with Crippen LogP contribution < -0.4 is 0 Å². The van der Waals surface area contributed by atoms with Crippen molar-refractivity contribution in [3.8, 4) is 0 Å². The molecule has 5 nitrogen and oxygen atoms in total. The molecule has 1 saturated heterocycles. The molecule has 0 aromatic carbocycles. The number of amides is 1. The Hall–Kier alpha value is -1.52. The molecule has 0 radical (unpaired) electrons. The molecular formula is C12H17NO4. The number of carbonyl (C=O) groups is 2. The molecular weight excluding hydrogens is 222 g/mol. The Morgan fingerprint density at radius 1 is 1.41 bits per heavy atom. The maximum Gasteiger partial charge on any atom is 0.444 e. The lowest BCUT2D eigenvalue weighted by Gasteiger charge is -2.42. The van der Waals surface area contributed by atoms with Gasteiger partial charge in [-0.25, -0.2) is 4.79 Å². The van der Waals surface area contributed by atoms with Gasteiger partial charge in [0.1, 0.15) is 6.10 Å². The molecule has 1 saturated carbocycles. The van der Waals surface area contributed by atoms with Gasteiger partial charge in [-0.05, 0) is 32.3 Å². The molecule has 1 aliphatic carbocycles. The predicted octanol–water partition coefficient (Wildman–Crippen LogP) is 2.17. The standard InChI is InChI=1S/C12H17NO4/c1-7(2)10-5-4-9-6-11(10)13(12(15)16-9)17-8(3)14/h9,11H,4-6H2,1-3H3. The van der Waals surface area contributed by atoms with E-state index in [9.17, 15) is 9.59 Å². The first-order valence-electron chi connectivity index (χ1n) is 5.83. The van der Waals surface area contributed by atoms with Crippen molar-refractivity contribution in [3.63, 3.8) is 0 Å². The number of allylic oxidation sites excluding steroid dienone is 1. The van der Waals surface area contributed by atoms with Gasteiger partial charge in [0, 0.05) is 13.3 Å². The van der Waals surface area contributed by atoms with Crippen molar-refractivity contribution >= 4 is 12.1 Å². The number of carbonyl (C=O) groups excluding carboxylic acids is 2. The fourth-order valence-corrected chi connectivity index (χ4v) is 2.48. The lowest BCUT2D eigenvalue weighted by Crippen LogP contribution is -2.52. The van der Waals surface area contributed by atoms with Gasteiger partial charge < -0.3 is 9.57 Å². The van der Waals surface area contributed by atoms with E-state index in [-0.39, 0.29) is 12.1 Å². The Balaban J connectivity index is 2.27. The van der Waals surface area contributed by atoms with Crippen molar-refractivity contribution in [2.24, 2.45) is 0 Å². The minimum Gasteiger partial charge on any atom is -0.444 e. The van der Waals surface area contributed by atoms with Crippen LogP contribution in [0.15, 0.2) is 11.1 Å². The van der Waals surface area contributed by atoms with Crippen LogP contribution in [-0.2, 0) is 14.4 Å². The molecule has 0 aromatic heterocycles. The highest BCUT2D eigenvalue weighted by Crippen LogP contribution is 2.36. The first-order valence-corrected chi connectivity index (χ1v) is 5.83. The van der Waals surface area contributed by atoms with E-state index in [1.165, 1.54) is 18.1 Å². The van der Waals surface area contributed by atoms with E-state index in [1.54, 1.807) is 0 Å². The number of hydroxylamine groups is 2. The third-order valence-corrected chi connectivity index (χ3v) is 3.22. The van der Waals surface area contributed by atoms with Crippen LogP contribution >= 0.6 is 0 Å². The lowest BCUT2D eigenvalue weighted by atomic mass is 9.84. The van der Waals surface area contributed by atoms with E-state index in [4.69, 9.17) is 9.57 Å². The third kappa shape index (κ3) is 2.28. The summed E-state index contributed by atoms with van der Waals surface area (Å²) in [7, 11) is 0. The molecule has 0 spiro atoms. The summed E-state index contributed by atoms with van der Waals surface area (Å²) >= 11 is 0. The molecule has 1 amide bonds. The van der Waals surface area contributed by atoms with Crippen molar-refractivity contribution in [1.82, 2.24) is 5.06 Å². The average Bonchev–Trinajstić information content (AvgIpc) is 2.23. The molecule has 94 valence electrons. The highest BCUT2D eigenvalue weighted by atomic mass is 16.8. The number of nitrogens with zero attached hydrogens (tertiary/aromatic N) is 1. The number of ether oxygens (including phenoxy) is 1. The van der Waals surface area contributed by atoms with Crippen LogP contribution in [0.3, 0.4) is 0 Å². The van der Waals surface area contributed by atoms with Gasteiger partial charge in [0.25, 0.3) is 0 Å². The maximum atomic E-state index is 11.7. The Morgan fingerprint density at radius 2 is 2.12 bits per heavy atom. The van der Waals surface area contributed by atoms with Gasteiger partial charge in [0.15, 0.2) is 0 Å². The lowest BCUT2D eigenvalue weighted by molar-refractivity contribution is -0.200. The summed E-state index contributed by atoms with van der Waals surface area (Å²) in [5, 5.41) is 1.08. The number of hydrogen-bond acceptors (Lipinski definition) is 4. The molecule has 1 heterocycles. The first-order chi connectivity index (χ1) is 7.99. The average molecular weight is 239 g/mol. The summed E-state index contributed by atoms with van der Waals surface area (Å²) in [6, 6.07) is -0.149. The number of rotatable bonds is 1. The fraction of sp³-hybridized carbons (Fsp3) is 0.667. The maximum absolute atomic E-state index is 11.7. The highest BCUT2D eigenvalue weighted by molar-refractivity contribution is 5.73. The molecule has 2 bridgehead atoms. The summed E-state index contributed by atoms with van der Waals surface area (Å²) < 4.78 is 5.19. The van der Waals surface area contributed by atoms with Gasteiger partial charge in [0.05, 0.1) is 6.04 Å². The third-order valence-electron chi connectivity index (χ3n) is 3.22. The topological polar surface area (TPSA) is 55.8 Å². The summed E-state index contributed by atoms with van der Waals surface area (Å²) in [6.07, 6.45) is 1.86.